The molecule has 5 nitrogen and oxygen atoms in total. The zero-order valence-corrected chi connectivity index (χ0v) is 10.8. The van der Waals surface area contributed by atoms with E-state index < -0.39 is 29.2 Å². The van der Waals surface area contributed by atoms with E-state index in [2.05, 4.69) is 10.3 Å². The number of carbonyl (C=O) groups is 2. The second-order valence-electron chi connectivity index (χ2n) is 4.31. The highest BCUT2D eigenvalue weighted by Crippen LogP contribution is 2.19. The standard InChI is InChI=1S/C14H12F2N2O3/c15-9-2-1-3-10(16)13(9)12(20)6-17-14(21)11-5-4-8(7-19)18-11/h1-5,7,12,18,20H,6H2,(H,17,21). The molecule has 1 aromatic heterocycles. The van der Waals surface area contributed by atoms with Crippen molar-refractivity contribution in [3.63, 3.8) is 0 Å². The normalized spacial score (nSPS) is 12.0. The minimum atomic E-state index is -1.52. The maximum absolute atomic E-state index is 13.4. The highest BCUT2D eigenvalue weighted by molar-refractivity contribution is 5.93. The van der Waals surface area contributed by atoms with Gasteiger partial charge in [-0.05, 0) is 24.3 Å². The zero-order chi connectivity index (χ0) is 15.4. The Labute approximate surface area is 118 Å². The minimum Gasteiger partial charge on any atom is -0.386 e. The number of amides is 1. The molecule has 0 spiro atoms. The number of aliphatic hydroxyl groups is 1. The Morgan fingerprint density at radius 1 is 1.29 bits per heavy atom. The number of benzene rings is 1. The predicted molar refractivity (Wildman–Crippen MR) is 69.8 cm³/mol. The maximum atomic E-state index is 13.4. The lowest BCUT2D eigenvalue weighted by atomic mass is 10.1. The van der Waals surface area contributed by atoms with Gasteiger partial charge in [0.1, 0.15) is 23.4 Å². The minimum absolute atomic E-state index is 0.110. The molecular weight excluding hydrogens is 282 g/mol. The first-order valence-corrected chi connectivity index (χ1v) is 6.07. The lowest BCUT2D eigenvalue weighted by Crippen LogP contribution is -2.29. The van der Waals surface area contributed by atoms with Crippen LogP contribution in [0.15, 0.2) is 30.3 Å². The molecule has 0 saturated heterocycles. The molecule has 110 valence electrons. The van der Waals surface area contributed by atoms with E-state index in [4.69, 9.17) is 0 Å². The van der Waals surface area contributed by atoms with E-state index in [1.54, 1.807) is 0 Å². The van der Waals surface area contributed by atoms with Crippen LogP contribution in [0.5, 0.6) is 0 Å². The average molecular weight is 294 g/mol. The number of aromatic amines is 1. The lowest BCUT2D eigenvalue weighted by Gasteiger charge is -2.13. The average Bonchev–Trinajstić information content (AvgIpc) is 2.93. The molecule has 1 unspecified atom stereocenters. The lowest BCUT2D eigenvalue weighted by molar-refractivity contribution is 0.0907. The molecule has 0 bridgehead atoms. The number of halogens is 2. The fourth-order valence-electron chi connectivity index (χ4n) is 1.83. The Bertz CT molecular complexity index is 650. The number of carbonyl (C=O) groups excluding carboxylic acids is 2. The third kappa shape index (κ3) is 3.32. The van der Waals surface area contributed by atoms with Crippen LogP contribution in [0.2, 0.25) is 0 Å². The zero-order valence-electron chi connectivity index (χ0n) is 10.8. The summed E-state index contributed by atoms with van der Waals surface area (Å²) in [5.41, 5.74) is -0.169. The molecule has 0 saturated carbocycles. The van der Waals surface area contributed by atoms with Crippen LogP contribution in [-0.2, 0) is 0 Å². The first-order valence-electron chi connectivity index (χ1n) is 6.07. The van der Waals surface area contributed by atoms with Crippen LogP contribution in [0.1, 0.15) is 32.6 Å². The smallest absolute Gasteiger partial charge is 0.267 e. The van der Waals surface area contributed by atoms with Crippen molar-refractivity contribution < 1.29 is 23.5 Å². The van der Waals surface area contributed by atoms with Crippen molar-refractivity contribution in [1.29, 1.82) is 0 Å². The molecule has 0 fully saturated rings. The summed E-state index contributed by atoms with van der Waals surface area (Å²) in [6, 6.07) is 6.01. The number of nitrogens with one attached hydrogen (secondary N) is 2. The number of hydrogen-bond donors (Lipinski definition) is 3. The van der Waals surface area contributed by atoms with Gasteiger partial charge in [0.05, 0.1) is 11.3 Å². The molecule has 2 aromatic rings. The summed E-state index contributed by atoms with van der Waals surface area (Å²) in [6.07, 6.45) is -0.976. The fraction of sp³-hybridized carbons (Fsp3) is 0.143. The monoisotopic (exact) mass is 294 g/mol. The van der Waals surface area contributed by atoms with Crippen molar-refractivity contribution in [3.05, 3.63) is 58.9 Å². The van der Waals surface area contributed by atoms with Crippen molar-refractivity contribution in [2.24, 2.45) is 0 Å². The van der Waals surface area contributed by atoms with Gasteiger partial charge in [-0.15, -0.1) is 0 Å². The van der Waals surface area contributed by atoms with Gasteiger partial charge < -0.3 is 15.4 Å². The van der Waals surface area contributed by atoms with Crippen molar-refractivity contribution in [2.45, 2.75) is 6.10 Å². The quantitative estimate of drug-likeness (QED) is 0.732. The Hall–Kier alpha value is -2.54. The third-order valence-corrected chi connectivity index (χ3v) is 2.87. The second kappa shape index (κ2) is 6.27. The third-order valence-electron chi connectivity index (χ3n) is 2.87. The molecule has 0 aliphatic rings. The van der Waals surface area contributed by atoms with E-state index in [0.717, 1.165) is 12.1 Å². The topological polar surface area (TPSA) is 82.2 Å². The molecule has 1 atom stereocenters. The molecule has 3 N–H and O–H groups in total. The van der Waals surface area contributed by atoms with Crippen molar-refractivity contribution >= 4 is 12.2 Å². The second-order valence-corrected chi connectivity index (χ2v) is 4.31. The van der Waals surface area contributed by atoms with E-state index in [0.29, 0.717) is 6.29 Å². The van der Waals surface area contributed by atoms with E-state index >= 15 is 0 Å². The first kappa shape index (κ1) is 14.9. The van der Waals surface area contributed by atoms with Crippen LogP contribution in [0.25, 0.3) is 0 Å². The summed E-state index contributed by atoms with van der Waals surface area (Å²) in [4.78, 5) is 24.7. The molecule has 7 heteroatoms. The van der Waals surface area contributed by atoms with Crippen LogP contribution >= 0.6 is 0 Å². The number of rotatable bonds is 5. The van der Waals surface area contributed by atoms with E-state index in [1.165, 1.54) is 18.2 Å². The maximum Gasteiger partial charge on any atom is 0.267 e. The van der Waals surface area contributed by atoms with Gasteiger partial charge in [0.25, 0.3) is 5.91 Å². The van der Waals surface area contributed by atoms with Gasteiger partial charge in [-0.25, -0.2) is 8.78 Å². The van der Waals surface area contributed by atoms with E-state index in [-0.39, 0.29) is 17.9 Å². The van der Waals surface area contributed by atoms with Gasteiger partial charge in [0.2, 0.25) is 0 Å². The van der Waals surface area contributed by atoms with Gasteiger partial charge >= 0.3 is 0 Å². The summed E-state index contributed by atoms with van der Waals surface area (Å²) in [5.74, 6) is -2.38. The van der Waals surface area contributed by atoms with Crippen molar-refractivity contribution in [1.82, 2.24) is 10.3 Å². The largest absolute Gasteiger partial charge is 0.386 e. The molecule has 0 radical (unpaired) electrons. The number of hydrogen-bond acceptors (Lipinski definition) is 3. The number of aromatic nitrogens is 1. The number of aliphatic hydroxyl groups excluding tert-OH is 1. The van der Waals surface area contributed by atoms with E-state index in [1.807, 2.05) is 0 Å². The molecule has 2 rings (SSSR count). The summed E-state index contributed by atoms with van der Waals surface area (Å²) in [6.45, 7) is -0.369. The number of aldehydes is 1. The number of H-pyrrole nitrogens is 1. The van der Waals surface area contributed by atoms with Gasteiger partial charge in [0, 0.05) is 6.54 Å². The SMILES string of the molecule is O=Cc1ccc(C(=O)NCC(O)c2c(F)cccc2F)[nH]1. The fourth-order valence-corrected chi connectivity index (χ4v) is 1.83. The van der Waals surface area contributed by atoms with Crippen LogP contribution in [0.4, 0.5) is 8.78 Å². The Balaban J connectivity index is 2.02. The van der Waals surface area contributed by atoms with Crippen LogP contribution in [0, 0.1) is 11.6 Å². The molecule has 0 aliphatic carbocycles. The van der Waals surface area contributed by atoms with Gasteiger partial charge in [-0.1, -0.05) is 6.07 Å². The Morgan fingerprint density at radius 3 is 2.52 bits per heavy atom. The highest BCUT2D eigenvalue weighted by atomic mass is 19.1. The molecule has 0 aliphatic heterocycles. The van der Waals surface area contributed by atoms with Gasteiger partial charge in [-0.2, -0.15) is 0 Å². The Kier molecular flexibility index (Phi) is 4.44. The summed E-state index contributed by atoms with van der Waals surface area (Å²) in [7, 11) is 0. The summed E-state index contributed by atoms with van der Waals surface area (Å²) >= 11 is 0. The summed E-state index contributed by atoms with van der Waals surface area (Å²) in [5, 5.41) is 12.1. The molecular formula is C14H12F2N2O3. The Morgan fingerprint density at radius 2 is 1.95 bits per heavy atom. The van der Waals surface area contributed by atoms with Crippen LogP contribution < -0.4 is 5.32 Å². The van der Waals surface area contributed by atoms with Crippen molar-refractivity contribution in [3.8, 4) is 0 Å². The first-order chi connectivity index (χ1) is 10.0. The molecule has 21 heavy (non-hydrogen) atoms. The van der Waals surface area contributed by atoms with Crippen molar-refractivity contribution in [2.75, 3.05) is 6.54 Å². The molecule has 1 amide bonds. The van der Waals surface area contributed by atoms with Crippen LogP contribution in [0.3, 0.4) is 0 Å². The van der Waals surface area contributed by atoms with Crippen LogP contribution in [-0.4, -0.2) is 28.8 Å². The molecule has 1 heterocycles. The van der Waals surface area contributed by atoms with E-state index in [9.17, 15) is 23.5 Å². The van der Waals surface area contributed by atoms with Gasteiger partial charge in [0.15, 0.2) is 6.29 Å². The predicted octanol–water partition coefficient (Wildman–Crippen LogP) is 1.57. The highest BCUT2D eigenvalue weighted by Gasteiger charge is 2.19. The molecule has 1 aromatic carbocycles. The van der Waals surface area contributed by atoms with Gasteiger partial charge in [-0.3, -0.25) is 9.59 Å². The summed E-state index contributed by atoms with van der Waals surface area (Å²) < 4.78 is 26.9.